The van der Waals surface area contributed by atoms with Crippen LogP contribution in [0.2, 0.25) is 0 Å². The second-order valence-electron chi connectivity index (χ2n) is 4.76. The molecule has 0 saturated heterocycles. The molecule has 1 heterocycles. The molecule has 0 amide bonds. The topological polar surface area (TPSA) is 82.8 Å². The summed E-state index contributed by atoms with van der Waals surface area (Å²) in [5.74, 6) is -0.835. The molecule has 5 heteroatoms. The van der Waals surface area contributed by atoms with E-state index in [4.69, 9.17) is 0 Å². The number of allylic oxidation sites excluding steroid dienone is 2. The minimum atomic E-state index is -0.486. The van der Waals surface area contributed by atoms with Gasteiger partial charge in [0.05, 0.1) is 0 Å². The number of fused-ring (bicyclic) bond motifs is 2. The van der Waals surface area contributed by atoms with Crippen molar-refractivity contribution in [3.8, 4) is 0 Å². The summed E-state index contributed by atoms with van der Waals surface area (Å²) in [6, 6.07) is 0. The first kappa shape index (κ1) is 10.3. The van der Waals surface area contributed by atoms with Crippen molar-refractivity contribution in [1.82, 2.24) is 9.97 Å². The molecule has 1 aromatic rings. The molecule has 0 fully saturated rings. The van der Waals surface area contributed by atoms with Gasteiger partial charge in [0.15, 0.2) is 11.6 Å². The molecule has 2 aliphatic rings. The van der Waals surface area contributed by atoms with Crippen LogP contribution in [0.25, 0.3) is 0 Å². The van der Waals surface area contributed by atoms with Gasteiger partial charge in [0.1, 0.15) is 11.4 Å². The quantitative estimate of drug-likeness (QED) is 0.656. The maximum Gasteiger partial charge on any atom is 0.324 e. The van der Waals surface area contributed by atoms with Crippen molar-refractivity contribution in [2.45, 2.75) is 19.8 Å². The lowest BCUT2D eigenvalue weighted by atomic mass is 9.70. The van der Waals surface area contributed by atoms with Gasteiger partial charge in [-0.1, -0.05) is 11.6 Å². The van der Waals surface area contributed by atoms with Crippen LogP contribution in [-0.2, 0) is 0 Å². The first-order valence-electron chi connectivity index (χ1n) is 5.64. The normalized spacial score (nSPS) is 27.5. The van der Waals surface area contributed by atoms with E-state index in [1.54, 1.807) is 0 Å². The Hall–Kier alpha value is -1.91. The molecule has 0 radical (unpaired) electrons. The minimum Gasteiger partial charge on any atom is -0.303 e. The number of nitrogens with one attached hydrogen (secondary N) is 2. The summed E-state index contributed by atoms with van der Waals surface area (Å²) in [5.41, 5.74) is 0.971. The first-order valence-corrected chi connectivity index (χ1v) is 5.64. The van der Waals surface area contributed by atoms with Crippen molar-refractivity contribution in [2.75, 3.05) is 0 Å². The predicted octanol–water partition coefficient (Wildman–Crippen LogP) is 1.05. The molecule has 1 aromatic heterocycles. The predicted molar refractivity (Wildman–Crippen MR) is 60.0 cm³/mol. The summed E-state index contributed by atoms with van der Waals surface area (Å²) in [6.45, 7) is 1.96. The highest BCUT2D eigenvalue weighted by Gasteiger charge is 2.43. The largest absolute Gasteiger partial charge is 0.324 e. The molecule has 2 N–H and O–H groups in total. The van der Waals surface area contributed by atoms with Gasteiger partial charge in [-0.2, -0.15) is 0 Å². The van der Waals surface area contributed by atoms with Crippen molar-refractivity contribution in [3.05, 3.63) is 33.5 Å². The maximum absolute atomic E-state index is 12.2. The van der Waals surface area contributed by atoms with Gasteiger partial charge in [0, 0.05) is 11.8 Å². The van der Waals surface area contributed by atoms with E-state index in [1.807, 2.05) is 13.0 Å². The summed E-state index contributed by atoms with van der Waals surface area (Å²) in [5, 5.41) is 0. The Morgan fingerprint density at radius 1 is 1.06 bits per heavy atom. The number of H-pyrrole nitrogens is 2. The fraction of sp³-hybridized carbons (Fsp3) is 0.417. The summed E-state index contributed by atoms with van der Waals surface area (Å²) in [6.07, 6.45) is 3.21. The fourth-order valence-corrected chi connectivity index (χ4v) is 2.75. The second-order valence-corrected chi connectivity index (χ2v) is 4.76. The molecule has 0 saturated carbocycles. The van der Waals surface area contributed by atoms with Gasteiger partial charge in [-0.15, -0.1) is 0 Å². The standard InChI is InChI=1S/C12H12N2O3/c1-5-2-3-6-7(4-5)11(16)9-8(10(6)15)13-12(17)14-9/h2,6-7H,3-4H2,1H3,(H2,13,14,17). The van der Waals surface area contributed by atoms with E-state index in [2.05, 4.69) is 9.97 Å². The van der Waals surface area contributed by atoms with Crippen LogP contribution < -0.4 is 5.69 Å². The van der Waals surface area contributed by atoms with Crippen molar-refractivity contribution in [2.24, 2.45) is 11.8 Å². The molecule has 88 valence electrons. The molecule has 0 aliphatic heterocycles. The summed E-state index contributed by atoms with van der Waals surface area (Å²) < 4.78 is 0. The molecule has 2 unspecified atom stereocenters. The van der Waals surface area contributed by atoms with Crippen molar-refractivity contribution >= 4 is 11.6 Å². The number of imidazole rings is 1. The number of carbonyl (C=O) groups excluding carboxylic acids is 2. The van der Waals surface area contributed by atoms with E-state index in [9.17, 15) is 14.4 Å². The highest BCUT2D eigenvalue weighted by atomic mass is 16.2. The number of Topliss-reactive ketones (excluding diaryl/α,β-unsaturated/α-hetero) is 2. The number of rotatable bonds is 0. The molecule has 2 aliphatic carbocycles. The van der Waals surface area contributed by atoms with Crippen molar-refractivity contribution in [3.63, 3.8) is 0 Å². The average molecular weight is 232 g/mol. The maximum atomic E-state index is 12.2. The third-order valence-electron chi connectivity index (χ3n) is 3.64. The third-order valence-corrected chi connectivity index (χ3v) is 3.64. The van der Waals surface area contributed by atoms with Crippen LogP contribution in [0.1, 0.15) is 40.7 Å². The zero-order valence-electron chi connectivity index (χ0n) is 9.37. The van der Waals surface area contributed by atoms with Crippen LogP contribution in [0.15, 0.2) is 16.4 Å². The van der Waals surface area contributed by atoms with E-state index < -0.39 is 5.69 Å². The molecule has 0 aromatic carbocycles. The molecular weight excluding hydrogens is 220 g/mol. The Balaban J connectivity index is 2.14. The lowest BCUT2D eigenvalue weighted by Gasteiger charge is -2.31. The number of aromatic nitrogens is 2. The van der Waals surface area contributed by atoms with Gasteiger partial charge >= 0.3 is 5.69 Å². The Morgan fingerprint density at radius 3 is 2.29 bits per heavy atom. The van der Waals surface area contributed by atoms with Crippen LogP contribution >= 0.6 is 0 Å². The summed E-state index contributed by atoms with van der Waals surface area (Å²) in [7, 11) is 0. The minimum absolute atomic E-state index is 0.115. The SMILES string of the molecule is CC1=CCC2C(=O)c3[nH]c(=O)[nH]c3C(=O)C2C1. The number of hydrogen-bond acceptors (Lipinski definition) is 3. The van der Waals surface area contributed by atoms with E-state index in [0.29, 0.717) is 12.8 Å². The van der Waals surface area contributed by atoms with E-state index in [-0.39, 0.29) is 34.8 Å². The molecule has 2 atom stereocenters. The number of aromatic amines is 2. The van der Waals surface area contributed by atoms with E-state index in [1.165, 1.54) is 0 Å². The van der Waals surface area contributed by atoms with Gasteiger partial charge in [0.2, 0.25) is 0 Å². The van der Waals surface area contributed by atoms with Gasteiger partial charge in [-0.05, 0) is 19.8 Å². The van der Waals surface area contributed by atoms with Crippen LogP contribution in [0, 0.1) is 11.8 Å². The Bertz CT molecular complexity index is 606. The molecule has 3 rings (SSSR count). The third kappa shape index (κ3) is 1.35. The molecule has 0 bridgehead atoms. The number of hydrogen-bond donors (Lipinski definition) is 2. The highest BCUT2D eigenvalue weighted by molar-refractivity contribution is 6.14. The first-order chi connectivity index (χ1) is 8.08. The monoisotopic (exact) mass is 232 g/mol. The zero-order valence-corrected chi connectivity index (χ0v) is 9.37. The van der Waals surface area contributed by atoms with E-state index in [0.717, 1.165) is 5.57 Å². The average Bonchev–Trinajstić information content (AvgIpc) is 2.68. The van der Waals surface area contributed by atoms with E-state index >= 15 is 0 Å². The Morgan fingerprint density at radius 2 is 1.65 bits per heavy atom. The highest BCUT2D eigenvalue weighted by Crippen LogP contribution is 2.37. The zero-order chi connectivity index (χ0) is 12.2. The Labute approximate surface area is 96.9 Å². The lowest BCUT2D eigenvalue weighted by Crippen LogP contribution is -2.38. The number of carbonyl (C=O) groups is 2. The van der Waals surface area contributed by atoms with Crippen LogP contribution in [0.3, 0.4) is 0 Å². The summed E-state index contributed by atoms with van der Waals surface area (Å²) >= 11 is 0. The molecule has 0 spiro atoms. The van der Waals surface area contributed by atoms with Crippen LogP contribution in [-0.4, -0.2) is 21.5 Å². The van der Waals surface area contributed by atoms with Gasteiger partial charge in [-0.25, -0.2) is 4.79 Å². The Kier molecular flexibility index (Phi) is 1.98. The van der Waals surface area contributed by atoms with Gasteiger partial charge in [-0.3, -0.25) is 9.59 Å². The van der Waals surface area contributed by atoms with Crippen molar-refractivity contribution < 1.29 is 9.59 Å². The molecular formula is C12H12N2O3. The van der Waals surface area contributed by atoms with Gasteiger partial charge < -0.3 is 9.97 Å². The van der Waals surface area contributed by atoms with Crippen LogP contribution in [0.4, 0.5) is 0 Å². The molecule has 5 nitrogen and oxygen atoms in total. The fourth-order valence-electron chi connectivity index (χ4n) is 2.75. The smallest absolute Gasteiger partial charge is 0.303 e. The molecule has 17 heavy (non-hydrogen) atoms. The van der Waals surface area contributed by atoms with Crippen molar-refractivity contribution in [1.29, 1.82) is 0 Å². The lowest BCUT2D eigenvalue weighted by molar-refractivity contribution is 0.0719. The number of ketones is 2. The second kappa shape index (κ2) is 3.29. The van der Waals surface area contributed by atoms with Gasteiger partial charge in [0.25, 0.3) is 0 Å². The van der Waals surface area contributed by atoms with Crippen LogP contribution in [0.5, 0.6) is 0 Å². The summed E-state index contributed by atoms with van der Waals surface area (Å²) in [4.78, 5) is 40.4.